The summed E-state index contributed by atoms with van der Waals surface area (Å²) >= 11 is 9.29. The fraction of sp³-hybridized carbons (Fsp3) is 0.105. The molecule has 0 radical (unpaired) electrons. The molecule has 10 heteroatoms. The van der Waals surface area contributed by atoms with Crippen molar-refractivity contribution >= 4 is 67.9 Å². The van der Waals surface area contributed by atoms with Crippen molar-refractivity contribution in [3.63, 3.8) is 0 Å². The highest BCUT2D eigenvalue weighted by Crippen LogP contribution is 2.32. The van der Waals surface area contributed by atoms with E-state index in [9.17, 15) is 18.4 Å². The van der Waals surface area contributed by atoms with Crippen LogP contribution in [0.1, 0.15) is 5.56 Å². The first kappa shape index (κ1) is 21.4. The molecule has 0 spiro atoms. The Morgan fingerprint density at radius 3 is 2.72 bits per heavy atom. The van der Waals surface area contributed by atoms with Gasteiger partial charge >= 0.3 is 0 Å². The fourth-order valence-corrected chi connectivity index (χ4v) is 3.97. The molecule has 1 saturated heterocycles. The predicted molar refractivity (Wildman–Crippen MR) is 117 cm³/mol. The summed E-state index contributed by atoms with van der Waals surface area (Å²) in [5.41, 5.74) is 0.821. The summed E-state index contributed by atoms with van der Waals surface area (Å²) in [6.07, 6.45) is 1.66. The van der Waals surface area contributed by atoms with E-state index in [4.69, 9.17) is 12.2 Å². The number of carbonyl (C=O) groups is 2. The van der Waals surface area contributed by atoms with Gasteiger partial charge in [0.2, 0.25) is 0 Å². The first-order chi connectivity index (χ1) is 13.8. The lowest BCUT2D eigenvalue weighted by molar-refractivity contribution is -0.122. The third-order valence-corrected chi connectivity index (χ3v) is 5.47. The van der Waals surface area contributed by atoms with Gasteiger partial charge in [-0.2, -0.15) is 0 Å². The van der Waals surface area contributed by atoms with Crippen molar-refractivity contribution in [2.45, 2.75) is 0 Å². The largest absolute Gasteiger partial charge is 0.361 e. The Morgan fingerprint density at radius 2 is 2.00 bits per heavy atom. The van der Waals surface area contributed by atoms with E-state index in [-0.39, 0.29) is 35.0 Å². The van der Waals surface area contributed by atoms with Gasteiger partial charge in [-0.3, -0.25) is 14.5 Å². The van der Waals surface area contributed by atoms with Crippen LogP contribution >= 0.6 is 39.9 Å². The molecule has 2 aromatic rings. The average Bonchev–Trinajstić information content (AvgIpc) is 2.91. The van der Waals surface area contributed by atoms with Crippen LogP contribution in [-0.2, 0) is 4.79 Å². The van der Waals surface area contributed by atoms with Gasteiger partial charge in [0, 0.05) is 23.6 Å². The maximum absolute atomic E-state index is 13.6. The number of nitrogens with one attached hydrogen (secondary N) is 2. The van der Waals surface area contributed by atoms with E-state index in [1.54, 1.807) is 6.08 Å². The Bertz CT molecular complexity index is 1020. The van der Waals surface area contributed by atoms with E-state index >= 15 is 0 Å². The molecule has 5 nitrogen and oxygen atoms in total. The summed E-state index contributed by atoms with van der Waals surface area (Å²) in [5.74, 6) is -1.86. The molecule has 1 aliphatic heterocycles. The summed E-state index contributed by atoms with van der Waals surface area (Å²) in [5, 5.41) is 5.11. The van der Waals surface area contributed by atoms with Gasteiger partial charge in [0.15, 0.2) is 5.11 Å². The van der Waals surface area contributed by atoms with Crippen LogP contribution in [0.2, 0.25) is 0 Å². The zero-order chi connectivity index (χ0) is 21.0. The van der Waals surface area contributed by atoms with Crippen LogP contribution < -0.4 is 10.6 Å². The van der Waals surface area contributed by atoms with Gasteiger partial charge in [-0.25, -0.2) is 8.78 Å². The van der Waals surface area contributed by atoms with Crippen LogP contribution in [0.5, 0.6) is 0 Å². The molecule has 0 aromatic heterocycles. The minimum absolute atomic E-state index is 0.0204. The molecule has 1 heterocycles. The third-order valence-electron chi connectivity index (χ3n) is 3.82. The molecule has 0 saturated carbocycles. The number of carbonyl (C=O) groups excluding carboxylic acids is 2. The molecule has 0 atom stereocenters. The van der Waals surface area contributed by atoms with Crippen LogP contribution in [0.3, 0.4) is 0 Å². The quantitative estimate of drug-likeness (QED) is 0.459. The number of nitrogens with zero attached hydrogens (tertiary/aromatic N) is 1. The molecule has 2 amide bonds. The molecule has 2 aromatic carbocycles. The second-order valence-electron chi connectivity index (χ2n) is 5.89. The number of thiocarbonyl (C=S) groups is 1. The zero-order valence-corrected chi connectivity index (χ0v) is 18.0. The average molecular weight is 498 g/mol. The van der Waals surface area contributed by atoms with Crippen molar-refractivity contribution in [3.8, 4) is 0 Å². The monoisotopic (exact) mass is 497 g/mol. The number of amides is 2. The molecule has 2 N–H and O–H groups in total. The standard InChI is InChI=1S/C19H14BrF2N3O2S2/c20-12-3-1-2-11(8-12)9-16-17(26)25(19(27)29-16)7-6-23-18(28)24-15-5-4-13(21)10-14(15)22/h1-5,8-10H,6-7H2,(H2,23,24,28)/b16-9-. The minimum Gasteiger partial charge on any atom is -0.361 e. The SMILES string of the molecule is O=C1S/C(=C\c2cccc(Br)c2)C(=O)N1CCNC(=S)Nc1ccc(F)cc1F. The maximum atomic E-state index is 13.6. The molecule has 3 rings (SSSR count). The number of halogens is 3. The first-order valence-electron chi connectivity index (χ1n) is 8.34. The Hall–Kier alpha value is -2.30. The number of imide groups is 1. The Morgan fingerprint density at radius 1 is 1.21 bits per heavy atom. The van der Waals surface area contributed by atoms with E-state index in [0.29, 0.717) is 4.91 Å². The van der Waals surface area contributed by atoms with Gasteiger partial charge < -0.3 is 10.6 Å². The maximum Gasteiger partial charge on any atom is 0.293 e. The van der Waals surface area contributed by atoms with Crippen LogP contribution in [-0.4, -0.2) is 34.2 Å². The lowest BCUT2D eigenvalue weighted by atomic mass is 10.2. The molecular weight excluding hydrogens is 484 g/mol. The predicted octanol–water partition coefficient (Wildman–Crippen LogP) is 4.75. The first-order valence-corrected chi connectivity index (χ1v) is 10.4. The van der Waals surface area contributed by atoms with Gasteiger partial charge in [-0.05, 0) is 59.9 Å². The third kappa shape index (κ3) is 5.62. The van der Waals surface area contributed by atoms with E-state index in [1.165, 1.54) is 6.07 Å². The minimum atomic E-state index is -0.780. The highest BCUT2D eigenvalue weighted by molar-refractivity contribution is 9.10. The van der Waals surface area contributed by atoms with Crippen LogP contribution in [0.15, 0.2) is 51.8 Å². The number of anilines is 1. The van der Waals surface area contributed by atoms with E-state index < -0.39 is 11.6 Å². The smallest absolute Gasteiger partial charge is 0.293 e. The van der Waals surface area contributed by atoms with Crippen LogP contribution in [0.25, 0.3) is 6.08 Å². The lowest BCUT2D eigenvalue weighted by Crippen LogP contribution is -2.38. The number of rotatable bonds is 5. The second kappa shape index (κ2) is 9.47. The van der Waals surface area contributed by atoms with E-state index in [0.717, 1.165) is 38.8 Å². The van der Waals surface area contributed by atoms with Crippen molar-refractivity contribution in [1.29, 1.82) is 0 Å². The molecule has 1 fully saturated rings. The van der Waals surface area contributed by atoms with Crippen molar-refractivity contribution in [2.24, 2.45) is 0 Å². The molecule has 0 aliphatic carbocycles. The molecule has 150 valence electrons. The van der Waals surface area contributed by atoms with Gasteiger partial charge in [-0.15, -0.1) is 0 Å². The van der Waals surface area contributed by atoms with Crippen molar-refractivity contribution < 1.29 is 18.4 Å². The number of hydrogen-bond acceptors (Lipinski definition) is 4. The van der Waals surface area contributed by atoms with Crippen molar-refractivity contribution in [1.82, 2.24) is 10.2 Å². The van der Waals surface area contributed by atoms with E-state index in [2.05, 4.69) is 26.6 Å². The summed E-state index contributed by atoms with van der Waals surface area (Å²) < 4.78 is 27.4. The number of benzene rings is 2. The zero-order valence-electron chi connectivity index (χ0n) is 14.7. The van der Waals surface area contributed by atoms with Crippen molar-refractivity contribution in [3.05, 3.63) is 69.0 Å². The lowest BCUT2D eigenvalue weighted by Gasteiger charge is -2.15. The molecule has 0 unspecified atom stereocenters. The molecule has 29 heavy (non-hydrogen) atoms. The van der Waals surface area contributed by atoms with E-state index in [1.807, 2.05) is 24.3 Å². The summed E-state index contributed by atoms with van der Waals surface area (Å²) in [6.45, 7) is 0.269. The Balaban J connectivity index is 1.54. The summed E-state index contributed by atoms with van der Waals surface area (Å²) in [6, 6.07) is 10.4. The normalized spacial score (nSPS) is 15.1. The summed E-state index contributed by atoms with van der Waals surface area (Å²) in [7, 11) is 0. The van der Waals surface area contributed by atoms with Gasteiger partial charge in [0.05, 0.1) is 10.6 Å². The highest BCUT2D eigenvalue weighted by Gasteiger charge is 2.34. The fourth-order valence-electron chi connectivity index (χ4n) is 2.48. The second-order valence-corrected chi connectivity index (χ2v) is 8.21. The molecule has 0 bridgehead atoms. The highest BCUT2D eigenvalue weighted by atomic mass is 79.9. The number of hydrogen-bond donors (Lipinski definition) is 2. The van der Waals surface area contributed by atoms with Crippen molar-refractivity contribution in [2.75, 3.05) is 18.4 Å². The van der Waals surface area contributed by atoms with Gasteiger partial charge in [-0.1, -0.05) is 28.1 Å². The number of thioether (sulfide) groups is 1. The Labute approximate surface area is 183 Å². The van der Waals surface area contributed by atoms with Gasteiger partial charge in [0.25, 0.3) is 11.1 Å². The molecule has 1 aliphatic rings. The van der Waals surface area contributed by atoms with Crippen LogP contribution in [0, 0.1) is 11.6 Å². The Kier molecular flexibility index (Phi) is 6.99. The van der Waals surface area contributed by atoms with Gasteiger partial charge in [0.1, 0.15) is 11.6 Å². The van der Waals surface area contributed by atoms with Crippen LogP contribution in [0.4, 0.5) is 19.3 Å². The molecular formula is C19H14BrF2N3O2S2. The topological polar surface area (TPSA) is 61.4 Å². The summed E-state index contributed by atoms with van der Waals surface area (Å²) in [4.78, 5) is 26.1.